The minimum atomic E-state index is -0.249. The van der Waals surface area contributed by atoms with Crippen LogP contribution in [0.5, 0.6) is 5.75 Å². The van der Waals surface area contributed by atoms with Gasteiger partial charge in [-0.05, 0) is 63.8 Å². The maximum Gasteiger partial charge on any atom is 0.138 e. The van der Waals surface area contributed by atoms with E-state index >= 15 is 0 Å². The van der Waals surface area contributed by atoms with E-state index in [1.54, 1.807) is 19.2 Å². The summed E-state index contributed by atoms with van der Waals surface area (Å²) in [6.45, 7) is 1.96. The average Bonchev–Trinajstić information content (AvgIpc) is 2.34. The fraction of sp³-hybridized carbons (Fsp3) is 0.143. The van der Waals surface area contributed by atoms with Gasteiger partial charge < -0.3 is 4.74 Å². The molecule has 17 heavy (non-hydrogen) atoms. The van der Waals surface area contributed by atoms with E-state index in [0.29, 0.717) is 4.47 Å². The molecule has 0 saturated heterocycles. The Morgan fingerprint density at radius 3 is 2.35 bits per heavy atom. The first-order valence-corrected chi connectivity index (χ1v) is 6.01. The molecule has 0 unspecified atom stereocenters. The number of hydrogen-bond donors (Lipinski definition) is 0. The second-order valence-corrected chi connectivity index (χ2v) is 4.66. The molecule has 0 aliphatic heterocycles. The lowest BCUT2D eigenvalue weighted by Crippen LogP contribution is -1.88. The van der Waals surface area contributed by atoms with Gasteiger partial charge in [0.15, 0.2) is 0 Å². The molecule has 2 aromatic rings. The molecule has 0 N–H and O–H groups in total. The molecule has 0 radical (unpaired) electrons. The third kappa shape index (κ3) is 2.50. The molecule has 2 aromatic carbocycles. The van der Waals surface area contributed by atoms with Crippen molar-refractivity contribution in [1.82, 2.24) is 0 Å². The quantitative estimate of drug-likeness (QED) is 0.788. The van der Waals surface area contributed by atoms with E-state index in [-0.39, 0.29) is 5.82 Å². The highest BCUT2D eigenvalue weighted by molar-refractivity contribution is 9.10. The standard InChI is InChI=1S/C14H12BrFO/c1-9-7-13(15)14(16)8-12(9)10-3-5-11(17-2)6-4-10/h3-8H,1-2H3. The fourth-order valence-corrected chi connectivity index (χ4v) is 2.19. The number of rotatable bonds is 2. The first-order valence-electron chi connectivity index (χ1n) is 5.22. The molecule has 2 rings (SSSR count). The molecule has 1 nitrogen and oxygen atoms in total. The third-order valence-corrected chi connectivity index (χ3v) is 3.28. The van der Waals surface area contributed by atoms with Crippen LogP contribution in [0, 0.1) is 12.7 Å². The summed E-state index contributed by atoms with van der Waals surface area (Å²) in [7, 11) is 1.62. The predicted octanol–water partition coefficient (Wildman–Crippen LogP) is 4.57. The Balaban J connectivity index is 2.48. The van der Waals surface area contributed by atoms with Gasteiger partial charge in [0.1, 0.15) is 11.6 Å². The minimum absolute atomic E-state index is 0.249. The highest BCUT2D eigenvalue weighted by Crippen LogP contribution is 2.29. The summed E-state index contributed by atoms with van der Waals surface area (Å²) >= 11 is 3.18. The molecule has 0 amide bonds. The van der Waals surface area contributed by atoms with Crippen LogP contribution in [0.25, 0.3) is 11.1 Å². The molecule has 88 valence electrons. The van der Waals surface area contributed by atoms with Gasteiger partial charge >= 0.3 is 0 Å². The van der Waals surface area contributed by atoms with E-state index in [0.717, 1.165) is 22.4 Å². The van der Waals surface area contributed by atoms with E-state index in [2.05, 4.69) is 15.9 Å². The highest BCUT2D eigenvalue weighted by Gasteiger charge is 2.07. The summed E-state index contributed by atoms with van der Waals surface area (Å²) in [5.41, 5.74) is 2.91. The maximum absolute atomic E-state index is 13.5. The lowest BCUT2D eigenvalue weighted by atomic mass is 10.0. The van der Waals surface area contributed by atoms with Gasteiger partial charge in [0.2, 0.25) is 0 Å². The molecule has 0 aromatic heterocycles. The van der Waals surface area contributed by atoms with Gasteiger partial charge in [-0.1, -0.05) is 12.1 Å². The lowest BCUT2D eigenvalue weighted by Gasteiger charge is -2.08. The number of halogens is 2. The molecular weight excluding hydrogens is 283 g/mol. The third-order valence-electron chi connectivity index (χ3n) is 2.67. The van der Waals surface area contributed by atoms with Gasteiger partial charge in [-0.15, -0.1) is 0 Å². The van der Waals surface area contributed by atoms with Crippen LogP contribution in [0.3, 0.4) is 0 Å². The van der Waals surface area contributed by atoms with Crippen molar-refractivity contribution in [3.05, 3.63) is 52.3 Å². The molecule has 0 aliphatic carbocycles. The number of aryl methyl sites for hydroxylation is 1. The normalized spacial score (nSPS) is 10.4. The molecule has 0 spiro atoms. The van der Waals surface area contributed by atoms with Gasteiger partial charge in [-0.2, -0.15) is 0 Å². The van der Waals surface area contributed by atoms with Crippen LogP contribution in [-0.2, 0) is 0 Å². The molecule has 0 fully saturated rings. The van der Waals surface area contributed by atoms with Crippen LogP contribution >= 0.6 is 15.9 Å². The Hall–Kier alpha value is -1.35. The zero-order valence-corrected chi connectivity index (χ0v) is 11.2. The molecule has 3 heteroatoms. The van der Waals surface area contributed by atoms with Crippen molar-refractivity contribution in [1.29, 1.82) is 0 Å². The van der Waals surface area contributed by atoms with E-state index in [9.17, 15) is 4.39 Å². The summed E-state index contributed by atoms with van der Waals surface area (Å²) in [5, 5.41) is 0. The Bertz CT molecular complexity index is 535. The molecule has 0 atom stereocenters. The predicted molar refractivity (Wildman–Crippen MR) is 70.8 cm³/mol. The molecule has 0 saturated carbocycles. The summed E-state index contributed by atoms with van der Waals surface area (Å²) < 4.78 is 19.1. The summed E-state index contributed by atoms with van der Waals surface area (Å²) in [6.07, 6.45) is 0. The fourth-order valence-electron chi connectivity index (χ4n) is 1.73. The molecule has 0 heterocycles. The van der Waals surface area contributed by atoms with Gasteiger partial charge in [-0.25, -0.2) is 4.39 Å². The highest BCUT2D eigenvalue weighted by atomic mass is 79.9. The first-order chi connectivity index (χ1) is 8.11. The Morgan fingerprint density at radius 1 is 1.12 bits per heavy atom. The zero-order valence-electron chi connectivity index (χ0n) is 9.63. The average molecular weight is 295 g/mol. The molecule has 0 bridgehead atoms. The van der Waals surface area contributed by atoms with E-state index < -0.39 is 0 Å². The van der Waals surface area contributed by atoms with Crippen molar-refractivity contribution in [2.75, 3.05) is 7.11 Å². The number of hydrogen-bond acceptors (Lipinski definition) is 1. The number of methoxy groups -OCH3 is 1. The zero-order chi connectivity index (χ0) is 12.4. The van der Waals surface area contributed by atoms with Gasteiger partial charge in [-0.3, -0.25) is 0 Å². The monoisotopic (exact) mass is 294 g/mol. The van der Waals surface area contributed by atoms with Gasteiger partial charge in [0.25, 0.3) is 0 Å². The van der Waals surface area contributed by atoms with Crippen molar-refractivity contribution in [2.45, 2.75) is 6.92 Å². The van der Waals surface area contributed by atoms with Crippen molar-refractivity contribution in [3.8, 4) is 16.9 Å². The van der Waals surface area contributed by atoms with Crippen molar-refractivity contribution < 1.29 is 9.13 Å². The van der Waals surface area contributed by atoms with E-state index in [1.165, 1.54) is 0 Å². The first kappa shape index (κ1) is 12.1. The SMILES string of the molecule is COc1ccc(-c2cc(F)c(Br)cc2C)cc1. The molecular formula is C14H12BrFO. The van der Waals surface area contributed by atoms with Crippen LogP contribution in [0.2, 0.25) is 0 Å². The van der Waals surface area contributed by atoms with Gasteiger partial charge in [0, 0.05) is 0 Å². The van der Waals surface area contributed by atoms with Crippen LogP contribution in [0.1, 0.15) is 5.56 Å². The molecule has 0 aliphatic rings. The Morgan fingerprint density at radius 2 is 1.76 bits per heavy atom. The van der Waals surface area contributed by atoms with Crippen LogP contribution in [0.4, 0.5) is 4.39 Å². The van der Waals surface area contributed by atoms with Crippen LogP contribution in [0.15, 0.2) is 40.9 Å². The second-order valence-electron chi connectivity index (χ2n) is 3.81. The summed E-state index contributed by atoms with van der Waals surface area (Å²) in [6, 6.07) is 10.9. The topological polar surface area (TPSA) is 9.23 Å². The number of benzene rings is 2. The van der Waals surface area contributed by atoms with Crippen LogP contribution < -0.4 is 4.74 Å². The largest absolute Gasteiger partial charge is 0.497 e. The van der Waals surface area contributed by atoms with E-state index in [4.69, 9.17) is 4.74 Å². The summed E-state index contributed by atoms with van der Waals surface area (Å²) in [5.74, 6) is 0.547. The van der Waals surface area contributed by atoms with Gasteiger partial charge in [0.05, 0.1) is 11.6 Å². The van der Waals surface area contributed by atoms with Crippen LogP contribution in [-0.4, -0.2) is 7.11 Å². The Kier molecular flexibility index (Phi) is 3.48. The maximum atomic E-state index is 13.5. The second kappa shape index (κ2) is 4.88. The summed E-state index contributed by atoms with van der Waals surface area (Å²) in [4.78, 5) is 0. The number of ether oxygens (including phenoxy) is 1. The lowest BCUT2D eigenvalue weighted by molar-refractivity contribution is 0.415. The minimum Gasteiger partial charge on any atom is -0.497 e. The Labute approximate surface area is 108 Å². The van der Waals surface area contributed by atoms with Crippen molar-refractivity contribution in [2.24, 2.45) is 0 Å². The van der Waals surface area contributed by atoms with Crippen molar-refractivity contribution >= 4 is 15.9 Å². The smallest absolute Gasteiger partial charge is 0.138 e. The van der Waals surface area contributed by atoms with E-state index in [1.807, 2.05) is 31.2 Å². The van der Waals surface area contributed by atoms with Crippen molar-refractivity contribution in [3.63, 3.8) is 0 Å².